The number of aromatic amines is 1. The predicted octanol–water partition coefficient (Wildman–Crippen LogP) is 14.2. The lowest BCUT2D eigenvalue weighted by Gasteiger charge is -2.42. The van der Waals surface area contributed by atoms with Gasteiger partial charge in [0.2, 0.25) is 17.7 Å². The van der Waals surface area contributed by atoms with E-state index in [2.05, 4.69) is 81.2 Å². The van der Waals surface area contributed by atoms with Crippen molar-refractivity contribution < 1.29 is 42.4 Å². The number of rotatable bonds is 31. The second-order valence-electron chi connectivity index (χ2n) is 32.4. The smallest absolute Gasteiger partial charge is 0.293 e. The maximum atomic E-state index is 14.3. The second-order valence-corrected chi connectivity index (χ2v) is 35.4. The molecule has 6 heterocycles. The maximum absolute atomic E-state index is 14.3. The van der Waals surface area contributed by atoms with Crippen molar-refractivity contribution in [2.45, 2.75) is 186 Å². The Hall–Kier alpha value is -8.30. The summed E-state index contributed by atoms with van der Waals surface area (Å²) in [4.78, 5) is 91.2. The van der Waals surface area contributed by atoms with Crippen molar-refractivity contribution in [3.63, 3.8) is 0 Å². The summed E-state index contributed by atoms with van der Waals surface area (Å²) in [5.74, 6) is -1.09. The molecule has 0 unspecified atom stereocenters. The molecule has 3 aromatic heterocycles. The van der Waals surface area contributed by atoms with Crippen molar-refractivity contribution >= 4 is 90.3 Å². The first-order valence-corrected chi connectivity index (χ1v) is 41.8. The van der Waals surface area contributed by atoms with Crippen LogP contribution in [0, 0.1) is 33.8 Å². The Balaban J connectivity index is 0.536. The number of aryl methyl sites for hydroxylation is 1. The van der Waals surface area contributed by atoms with E-state index in [1.165, 1.54) is 52.8 Å². The number of unbranched alkanes of at least 4 members (excludes halogenated alkanes) is 7. The number of aliphatic hydroxyl groups excluding tert-OH is 1. The minimum absolute atomic E-state index is 0.0269. The van der Waals surface area contributed by atoms with Crippen molar-refractivity contribution in [1.82, 2.24) is 49.9 Å². The average Bonchev–Trinajstić information content (AvgIpc) is 1.66. The fourth-order valence-electron chi connectivity index (χ4n) is 16.2. The molecule has 1 saturated carbocycles. The van der Waals surface area contributed by atoms with Gasteiger partial charge in [0.05, 0.1) is 43.8 Å². The number of halogens is 1. The number of nitrogens with zero attached hydrogens (tertiary/aromatic N) is 8. The van der Waals surface area contributed by atoms with E-state index in [4.69, 9.17) is 16.3 Å². The first-order valence-electron chi connectivity index (χ1n) is 39.1. The maximum Gasteiger partial charge on any atom is 0.293 e. The van der Waals surface area contributed by atoms with E-state index in [-0.39, 0.29) is 65.6 Å². The highest BCUT2D eigenvalue weighted by Gasteiger charge is 2.45. The molecule has 23 nitrogen and oxygen atoms in total. The molecule has 4 aromatic carbocycles. The number of nitro benzene ring substituents is 1. The van der Waals surface area contributed by atoms with Crippen LogP contribution in [-0.2, 0) is 31.0 Å². The standard InChI is InChI=1S/C83H108ClN13O10S2/c1-56-76(108-55-89-56)60-20-16-57(17-21-60)51-88-80(101)73-47-66(98)54-96(73)81(102)77(82(2,3)4)90-75(99)15-13-11-9-7-8-10-12-14-36-92-37-41-94(42-38-92)64-26-18-58(19-27-64)50-86-71-31-29-68(48-72(71)97(103)104)109(105,106)91-79(100)69-30-28-65(46-74(69)107-67-45-61-33-35-85-78(61)87-52-67)95-43-39-93(40-44-95)53-62-32-34-83(5,6)49-70(62)59-22-24-63(84)25-23-59/h16-17,20-25,28-31,33,35,45-46,48,52,55,58,64,66,73,77,86,98H,7-15,18-19,26-27,32,34,36-44,47,49-51,53-54H2,1-6H3,(H,85,87)(H,88,101)(H,90,99)(H,91,100)/t58?,64?,66-,73+,77-/m1/s1. The lowest BCUT2D eigenvalue weighted by Crippen LogP contribution is -2.57. The van der Waals surface area contributed by atoms with Crippen LogP contribution in [0.5, 0.6) is 11.5 Å². The molecule has 0 bridgehead atoms. The molecule has 584 valence electrons. The first-order chi connectivity index (χ1) is 52.3. The van der Waals surface area contributed by atoms with Gasteiger partial charge in [-0.15, -0.1) is 11.3 Å². The molecule has 12 rings (SSSR count). The van der Waals surface area contributed by atoms with Gasteiger partial charge in [-0.1, -0.05) is 127 Å². The number of nitro groups is 1. The summed E-state index contributed by atoms with van der Waals surface area (Å²) in [5, 5.41) is 34.0. The molecule has 109 heavy (non-hydrogen) atoms. The fourth-order valence-corrected chi connectivity index (χ4v) is 18.1. The number of amides is 4. The minimum atomic E-state index is -4.62. The van der Waals surface area contributed by atoms with Crippen molar-refractivity contribution in [2.24, 2.45) is 16.7 Å². The zero-order valence-electron chi connectivity index (χ0n) is 64.0. The first kappa shape index (κ1) is 80.2. The van der Waals surface area contributed by atoms with Crippen LogP contribution in [0.15, 0.2) is 125 Å². The van der Waals surface area contributed by atoms with Gasteiger partial charge >= 0.3 is 0 Å². The van der Waals surface area contributed by atoms with Crippen LogP contribution in [-0.4, -0.2) is 179 Å². The number of anilines is 2. The summed E-state index contributed by atoms with van der Waals surface area (Å²) in [7, 11) is -4.62. The van der Waals surface area contributed by atoms with E-state index in [0.717, 1.165) is 180 Å². The molecule has 26 heteroatoms. The molecule has 3 atom stereocenters. The summed E-state index contributed by atoms with van der Waals surface area (Å²) in [6.07, 6.45) is 18.5. The van der Waals surface area contributed by atoms with Gasteiger partial charge in [-0.2, -0.15) is 0 Å². The van der Waals surface area contributed by atoms with E-state index in [1.54, 1.807) is 41.8 Å². The third kappa shape index (κ3) is 21.2. The number of nitrogens with one attached hydrogen (secondary N) is 5. The number of H-pyrrole nitrogens is 1. The molecule has 0 radical (unpaired) electrons. The van der Waals surface area contributed by atoms with E-state index in [1.807, 2.05) is 75.7 Å². The highest BCUT2D eigenvalue weighted by atomic mass is 35.5. The Morgan fingerprint density at radius 1 is 0.826 bits per heavy atom. The third-order valence-electron chi connectivity index (χ3n) is 22.7. The lowest BCUT2D eigenvalue weighted by molar-refractivity contribution is -0.384. The molecule has 6 N–H and O–H groups in total. The molecule has 4 fully saturated rings. The summed E-state index contributed by atoms with van der Waals surface area (Å²) in [6.45, 7) is 22.3. The molecule has 5 aliphatic rings. The predicted molar refractivity (Wildman–Crippen MR) is 430 cm³/mol. The van der Waals surface area contributed by atoms with Gasteiger partial charge in [0.25, 0.3) is 21.6 Å². The largest absolute Gasteiger partial charge is 0.455 e. The molecule has 2 aliphatic carbocycles. The number of fused-ring (bicyclic) bond motifs is 1. The molecular formula is C83H108ClN13O10S2. The van der Waals surface area contributed by atoms with Crippen molar-refractivity contribution in [3.8, 4) is 21.9 Å². The van der Waals surface area contributed by atoms with Gasteiger partial charge in [0.15, 0.2) is 0 Å². The van der Waals surface area contributed by atoms with Gasteiger partial charge < -0.3 is 45.5 Å². The van der Waals surface area contributed by atoms with E-state index < -0.39 is 55.0 Å². The minimum Gasteiger partial charge on any atom is -0.455 e. The fraction of sp³-hybridized carbons (Fsp3) is 0.518. The lowest BCUT2D eigenvalue weighted by atomic mass is 9.72. The Morgan fingerprint density at radius 3 is 2.22 bits per heavy atom. The molecule has 0 spiro atoms. The van der Waals surface area contributed by atoms with Crippen LogP contribution in [0.2, 0.25) is 5.02 Å². The van der Waals surface area contributed by atoms with Crippen LogP contribution in [0.25, 0.3) is 27.0 Å². The Labute approximate surface area is 650 Å². The van der Waals surface area contributed by atoms with Crippen LogP contribution < -0.4 is 30.3 Å². The van der Waals surface area contributed by atoms with Crippen LogP contribution in [0.4, 0.5) is 17.1 Å². The van der Waals surface area contributed by atoms with Gasteiger partial charge in [0.1, 0.15) is 34.9 Å². The Bertz CT molecular complexity index is 4460. The SMILES string of the molecule is Cc1ncsc1-c1ccc(CNC(=O)[C@@H]2C[C@@H](O)CN2C(=O)[C@@H](NC(=O)CCCCCCCCCCN2CCN(C3CCC(CNc4ccc(S(=O)(=O)NC(=O)c5ccc(N6CCN(CC7=C(c8ccc(Cl)cc8)CC(C)(C)CC7)CC6)cc5Oc5cnc6[nH]ccc6c5)cc4[N+](=O)[O-])CC3)CC2)C(C)(C)C)cc1. The average molecular weight is 1550 g/mol. The van der Waals surface area contributed by atoms with Crippen molar-refractivity contribution in [3.05, 3.63) is 158 Å². The van der Waals surface area contributed by atoms with Crippen LogP contribution in [0.3, 0.4) is 0 Å². The number of benzene rings is 4. The normalized spacial score (nSPS) is 19.9. The van der Waals surface area contributed by atoms with E-state index in [9.17, 15) is 42.8 Å². The summed E-state index contributed by atoms with van der Waals surface area (Å²) in [6, 6.07) is 27.4. The highest BCUT2D eigenvalue weighted by molar-refractivity contribution is 7.90. The third-order valence-corrected chi connectivity index (χ3v) is 25.3. The van der Waals surface area contributed by atoms with Gasteiger partial charge in [-0.05, 0) is 159 Å². The monoisotopic (exact) mass is 1550 g/mol. The van der Waals surface area contributed by atoms with E-state index in [0.29, 0.717) is 43.5 Å². The summed E-state index contributed by atoms with van der Waals surface area (Å²) < 4.78 is 36.8. The van der Waals surface area contributed by atoms with Crippen molar-refractivity contribution in [1.29, 1.82) is 0 Å². The molecular weight excluding hydrogens is 1440 g/mol. The molecule has 7 aromatic rings. The van der Waals surface area contributed by atoms with Crippen LogP contribution >= 0.6 is 22.9 Å². The molecule has 3 aliphatic heterocycles. The number of carbonyl (C=O) groups excluding carboxylic acids is 4. The van der Waals surface area contributed by atoms with Crippen molar-refractivity contribution in [2.75, 3.05) is 88.8 Å². The van der Waals surface area contributed by atoms with Crippen LogP contribution in [0.1, 0.15) is 171 Å². The van der Waals surface area contributed by atoms with Gasteiger partial charge in [-0.25, -0.2) is 23.1 Å². The number of hydrogen-bond acceptors (Lipinski definition) is 18. The number of thiazole rings is 1. The quantitative estimate of drug-likeness (QED) is 0.0134. The number of hydrogen-bond donors (Lipinski definition) is 6. The number of pyridine rings is 1. The number of carbonyl (C=O) groups is 4. The zero-order chi connectivity index (χ0) is 77.0. The number of piperazine rings is 2. The van der Waals surface area contributed by atoms with Gasteiger partial charge in [-0.3, -0.25) is 39.1 Å². The number of likely N-dealkylation sites (tertiary alicyclic amines) is 1. The number of aromatic nitrogens is 3. The molecule has 3 saturated heterocycles. The molecule has 4 amide bonds. The number of sulfonamides is 1. The summed E-state index contributed by atoms with van der Waals surface area (Å²) in [5.41, 5.74) is 9.65. The zero-order valence-corrected chi connectivity index (χ0v) is 66.4. The number of β-amino-alcohol motifs (C(OH)–C–C–N with tert-alkyl or cyclic N) is 1. The highest BCUT2D eigenvalue weighted by Crippen LogP contribution is 2.44. The Morgan fingerprint density at radius 2 is 1.52 bits per heavy atom. The summed E-state index contributed by atoms with van der Waals surface area (Å²) >= 11 is 7.88. The number of allylic oxidation sites excluding steroid dienone is 1. The second kappa shape index (κ2) is 36.2. The Kier molecular flexibility index (Phi) is 26.7. The number of ether oxygens (including phenoxy) is 1. The van der Waals surface area contributed by atoms with E-state index >= 15 is 0 Å². The number of aliphatic hydroxyl groups is 1. The topological polar surface area (TPSA) is 281 Å². The van der Waals surface area contributed by atoms with Gasteiger partial charge in [0, 0.05) is 132 Å².